The monoisotopic (exact) mass is 280 g/mol. The van der Waals surface area contributed by atoms with Crippen LogP contribution in [0.5, 0.6) is 0 Å². The summed E-state index contributed by atoms with van der Waals surface area (Å²) in [6.07, 6.45) is 6.54. The number of rotatable bonds is 4. The van der Waals surface area contributed by atoms with Crippen LogP contribution in [-0.4, -0.2) is 57.1 Å². The average molecular weight is 280 g/mol. The van der Waals surface area contributed by atoms with E-state index in [4.69, 9.17) is 19.3 Å². The van der Waals surface area contributed by atoms with Gasteiger partial charge in [-0.25, -0.2) is 0 Å². The first-order valence-electron chi connectivity index (χ1n) is 4.68. The molecule has 0 saturated heterocycles. The molecule has 1 aliphatic heterocycles. The first-order chi connectivity index (χ1) is 8.28. The van der Waals surface area contributed by atoms with Crippen molar-refractivity contribution in [3.8, 4) is 0 Å². The third-order valence-electron chi connectivity index (χ3n) is 1.43. The summed E-state index contributed by atoms with van der Waals surface area (Å²) in [5.74, 6) is 0. The van der Waals surface area contributed by atoms with E-state index in [2.05, 4.69) is 0 Å². The van der Waals surface area contributed by atoms with E-state index in [-0.39, 0.29) is 25.5 Å². The molecule has 3 N–H and O–H groups in total. The first kappa shape index (κ1) is 26.2. The van der Waals surface area contributed by atoms with Crippen LogP contribution in [0.2, 0.25) is 0 Å². The fraction of sp³-hybridized carbons (Fsp3) is 0.500. The van der Waals surface area contributed by atoms with Gasteiger partial charge in [-0.3, -0.25) is 9.59 Å². The van der Waals surface area contributed by atoms with Crippen LogP contribution in [0.15, 0.2) is 24.3 Å². The van der Waals surface area contributed by atoms with Crippen molar-refractivity contribution in [1.82, 2.24) is 0 Å². The van der Waals surface area contributed by atoms with E-state index in [0.29, 0.717) is 12.6 Å². The van der Waals surface area contributed by atoms with Gasteiger partial charge in [0.15, 0.2) is 12.6 Å². The molecule has 0 bridgehead atoms. The number of carbonyl (C=O) groups excluding carboxylic acids is 2. The summed E-state index contributed by atoms with van der Waals surface area (Å²) >= 11 is 0. The molecule has 0 aliphatic carbocycles. The molecule has 0 unspecified atom stereocenters. The highest BCUT2D eigenvalue weighted by atomic mass is 16.8. The molecule has 0 aromatic rings. The Hall–Kier alpha value is -1.38. The molecule has 0 aromatic heterocycles. The van der Waals surface area contributed by atoms with Crippen LogP contribution in [0.25, 0.3) is 0 Å². The van der Waals surface area contributed by atoms with Crippen molar-refractivity contribution in [3.63, 3.8) is 0 Å². The van der Waals surface area contributed by atoms with Gasteiger partial charge in [0.1, 0.15) is 12.6 Å². The van der Waals surface area contributed by atoms with Crippen molar-refractivity contribution >= 4 is 12.6 Å². The number of aldehydes is 2. The van der Waals surface area contributed by atoms with Crippen molar-refractivity contribution in [2.24, 2.45) is 0 Å². The smallest absolute Gasteiger partial charge is 0.180 e. The number of allylic oxidation sites excluding steroid dienone is 2. The minimum atomic E-state index is -0.227. The van der Waals surface area contributed by atoms with Gasteiger partial charge < -0.3 is 24.8 Å². The maximum Gasteiger partial charge on any atom is 0.180 e. The molecule has 0 amide bonds. The maximum absolute atomic E-state index is 9.32. The molecule has 0 saturated carbocycles. The Morgan fingerprint density at radius 3 is 1.47 bits per heavy atom. The van der Waals surface area contributed by atoms with Gasteiger partial charge in [0.25, 0.3) is 0 Å². The molecule has 1 rings (SSSR count). The molecule has 114 valence electrons. The number of carbonyl (C=O) groups is 2. The minimum absolute atomic E-state index is 0. The normalized spacial score (nSPS) is 18.9. The summed E-state index contributed by atoms with van der Waals surface area (Å²) in [6, 6.07) is 0. The molecule has 19 heavy (non-hydrogen) atoms. The molecule has 7 nitrogen and oxygen atoms in total. The van der Waals surface area contributed by atoms with Crippen LogP contribution in [0.1, 0.15) is 7.43 Å². The summed E-state index contributed by atoms with van der Waals surface area (Å²) in [6.45, 7) is 0. The number of aliphatic hydroxyl groups excluding tert-OH is 1. The van der Waals surface area contributed by atoms with Gasteiger partial charge in [-0.2, -0.15) is 0 Å². The average Bonchev–Trinajstić information content (AvgIpc) is 2.87. The molecule has 0 aromatic carbocycles. The lowest BCUT2D eigenvalue weighted by atomic mass is 10.5. The van der Waals surface area contributed by atoms with Crippen molar-refractivity contribution in [2.45, 2.75) is 20.0 Å². The summed E-state index contributed by atoms with van der Waals surface area (Å²) in [7, 11) is 4.18. The van der Waals surface area contributed by atoms with Gasteiger partial charge in [0.2, 0.25) is 0 Å². The third kappa shape index (κ3) is 16.6. The second-order valence-corrected chi connectivity index (χ2v) is 2.39. The highest BCUT2D eigenvalue weighted by molar-refractivity contribution is 5.75. The lowest BCUT2D eigenvalue weighted by molar-refractivity contribution is -0.173. The Balaban J connectivity index is -0.000000101. The van der Waals surface area contributed by atoms with Crippen LogP contribution in [0.3, 0.4) is 0 Å². The summed E-state index contributed by atoms with van der Waals surface area (Å²) in [5.41, 5.74) is 0. The van der Waals surface area contributed by atoms with Crippen LogP contribution < -0.4 is 0 Å². The Morgan fingerprint density at radius 1 is 1.00 bits per heavy atom. The first-order valence-corrected chi connectivity index (χ1v) is 4.68. The predicted octanol–water partition coefficient (Wildman–Crippen LogP) is -0.122. The van der Waals surface area contributed by atoms with E-state index in [9.17, 15) is 9.59 Å². The molecule has 7 heteroatoms. The molecule has 0 radical (unpaired) electrons. The van der Waals surface area contributed by atoms with Crippen molar-refractivity contribution in [2.75, 3.05) is 21.3 Å². The topological polar surface area (TPSA) is 114 Å². The van der Waals surface area contributed by atoms with Gasteiger partial charge in [-0.15, -0.1) is 0 Å². The van der Waals surface area contributed by atoms with Gasteiger partial charge in [-0.1, -0.05) is 7.43 Å². The van der Waals surface area contributed by atoms with E-state index in [1.807, 2.05) is 12.2 Å². The highest BCUT2D eigenvalue weighted by Gasteiger charge is 2.16. The maximum atomic E-state index is 9.32. The van der Waals surface area contributed by atoms with E-state index in [1.165, 1.54) is 0 Å². The number of hydrogen-bond acceptors (Lipinski definition) is 6. The molecule has 0 spiro atoms. The van der Waals surface area contributed by atoms with E-state index >= 15 is 0 Å². The SMILES string of the molecule is C.CO.CO[C@@H]1C=C[C@@H](OC)O1.O.O=C/C=C\C=O. The zero-order valence-electron chi connectivity index (χ0n) is 10.6. The van der Waals surface area contributed by atoms with Crippen LogP contribution in [0.4, 0.5) is 0 Å². The molecular weight excluding hydrogens is 256 g/mol. The molecule has 1 heterocycles. The lowest BCUT2D eigenvalue weighted by Crippen LogP contribution is -2.14. The largest absolute Gasteiger partial charge is 0.412 e. The number of ether oxygens (including phenoxy) is 3. The van der Waals surface area contributed by atoms with Crippen LogP contribution in [0, 0.1) is 0 Å². The predicted molar refractivity (Wildman–Crippen MR) is 71.6 cm³/mol. The Morgan fingerprint density at radius 2 is 1.32 bits per heavy atom. The number of aliphatic hydroxyl groups is 1. The number of hydrogen-bond donors (Lipinski definition) is 1. The zero-order valence-corrected chi connectivity index (χ0v) is 10.6. The van der Waals surface area contributed by atoms with Crippen LogP contribution in [-0.2, 0) is 23.8 Å². The van der Waals surface area contributed by atoms with Crippen molar-refractivity contribution in [3.05, 3.63) is 24.3 Å². The second-order valence-electron chi connectivity index (χ2n) is 2.39. The molecule has 1 aliphatic rings. The van der Waals surface area contributed by atoms with Gasteiger partial charge >= 0.3 is 0 Å². The van der Waals surface area contributed by atoms with E-state index in [1.54, 1.807) is 14.2 Å². The fourth-order valence-corrected chi connectivity index (χ4v) is 0.763. The second kappa shape index (κ2) is 21.9. The molecule has 0 fully saturated rings. The Kier molecular flexibility index (Phi) is 30.2. The number of methoxy groups -OCH3 is 2. The van der Waals surface area contributed by atoms with Crippen molar-refractivity contribution in [1.29, 1.82) is 0 Å². The summed E-state index contributed by atoms with van der Waals surface area (Å²) in [5, 5.41) is 7.00. The standard InChI is InChI=1S/C6H10O3.C4H4O2.CH4O.CH4.H2O/c1-7-5-3-4-6(8-2)9-5;5-3-1-2-4-6;1-2;;/h3-6H,1-2H3;1-4H;2H,1H3;1H4;1H2/b;2-1-;;;/t5-,6-;;;;/m0..../s1. The van der Waals surface area contributed by atoms with E-state index < -0.39 is 0 Å². The quantitative estimate of drug-likeness (QED) is 0.436. The Labute approximate surface area is 113 Å². The third-order valence-corrected chi connectivity index (χ3v) is 1.43. The van der Waals surface area contributed by atoms with Crippen LogP contribution >= 0.6 is 0 Å². The van der Waals surface area contributed by atoms with Gasteiger partial charge in [0.05, 0.1) is 0 Å². The molecular formula is C12H24O7. The lowest BCUT2D eigenvalue weighted by Gasteiger charge is -2.09. The van der Waals surface area contributed by atoms with E-state index in [0.717, 1.165) is 19.3 Å². The van der Waals surface area contributed by atoms with Gasteiger partial charge in [-0.05, 0) is 24.3 Å². The fourth-order valence-electron chi connectivity index (χ4n) is 0.763. The summed E-state index contributed by atoms with van der Waals surface area (Å²) in [4.78, 5) is 18.6. The minimum Gasteiger partial charge on any atom is -0.412 e. The van der Waals surface area contributed by atoms with Gasteiger partial charge in [0, 0.05) is 21.3 Å². The Bertz CT molecular complexity index is 216. The summed E-state index contributed by atoms with van der Waals surface area (Å²) < 4.78 is 14.8. The zero-order chi connectivity index (χ0) is 13.5. The van der Waals surface area contributed by atoms with Crippen molar-refractivity contribution < 1.29 is 34.4 Å². The molecule has 2 atom stereocenters. The highest BCUT2D eigenvalue weighted by Crippen LogP contribution is 2.11.